The van der Waals surface area contributed by atoms with Crippen molar-refractivity contribution in [1.82, 2.24) is 19.8 Å². The average molecular weight is 309 g/mol. The molecule has 1 atom stereocenters. The van der Waals surface area contributed by atoms with Crippen LogP contribution in [0.25, 0.3) is 0 Å². The first-order chi connectivity index (χ1) is 10.1. The van der Waals surface area contributed by atoms with Gasteiger partial charge in [0.2, 0.25) is 0 Å². The quantitative estimate of drug-likeness (QED) is 0.619. The molecule has 1 aromatic heterocycles. The molecule has 0 radical (unpaired) electrons. The maximum absolute atomic E-state index is 6.43. The summed E-state index contributed by atoms with van der Waals surface area (Å²) in [6.07, 6.45) is 6.72. The highest BCUT2D eigenvalue weighted by atomic mass is 35.5. The van der Waals surface area contributed by atoms with Crippen molar-refractivity contribution in [3.05, 3.63) is 22.2 Å². The minimum atomic E-state index is 0.489. The van der Waals surface area contributed by atoms with E-state index in [0.29, 0.717) is 11.2 Å². The van der Waals surface area contributed by atoms with E-state index in [2.05, 4.69) is 28.9 Å². The molecular weight excluding hydrogens is 284 g/mol. The highest BCUT2D eigenvalue weighted by molar-refractivity contribution is 6.30. The van der Waals surface area contributed by atoms with Crippen LogP contribution < -0.4 is 0 Å². The number of aromatic nitrogens is 2. The number of rotatable bonds is 2. The molecule has 0 aromatic carbocycles. The molecule has 21 heavy (non-hydrogen) atoms. The van der Waals surface area contributed by atoms with Gasteiger partial charge in [0.1, 0.15) is 11.0 Å². The average Bonchev–Trinajstić information content (AvgIpc) is 2.68. The lowest BCUT2D eigenvalue weighted by atomic mass is 10.1. The molecule has 1 aliphatic carbocycles. The van der Waals surface area contributed by atoms with Crippen molar-refractivity contribution in [3.63, 3.8) is 0 Å². The maximum atomic E-state index is 6.43. The molecule has 2 heterocycles. The van der Waals surface area contributed by atoms with E-state index in [1.807, 2.05) is 0 Å². The lowest BCUT2D eigenvalue weighted by Crippen LogP contribution is -2.51. The summed E-state index contributed by atoms with van der Waals surface area (Å²) in [6.45, 7) is 3.33. The zero-order valence-electron chi connectivity index (χ0n) is 13.1. The van der Waals surface area contributed by atoms with Crippen molar-refractivity contribution in [3.8, 4) is 0 Å². The van der Waals surface area contributed by atoms with Crippen LogP contribution in [0.3, 0.4) is 0 Å². The van der Waals surface area contributed by atoms with E-state index in [1.54, 1.807) is 0 Å². The Morgan fingerprint density at radius 1 is 1.10 bits per heavy atom. The fourth-order valence-electron chi connectivity index (χ4n) is 3.40. The second kappa shape index (κ2) is 6.59. The van der Waals surface area contributed by atoms with E-state index < -0.39 is 0 Å². The molecule has 4 nitrogen and oxygen atoms in total. The summed E-state index contributed by atoms with van der Waals surface area (Å²) in [5.41, 5.74) is 2.40. The first kappa shape index (κ1) is 15.2. The lowest BCUT2D eigenvalue weighted by Gasteiger charge is -2.37. The molecule has 1 aromatic rings. The van der Waals surface area contributed by atoms with Crippen LogP contribution in [-0.4, -0.2) is 59.5 Å². The third-order valence-corrected chi connectivity index (χ3v) is 5.14. The fourth-order valence-corrected chi connectivity index (χ4v) is 3.70. The minimum absolute atomic E-state index is 0.489. The van der Waals surface area contributed by atoms with E-state index in [0.717, 1.165) is 44.7 Å². The lowest BCUT2D eigenvalue weighted by molar-refractivity contribution is 0.113. The number of aryl methyl sites for hydroxylation is 1. The highest BCUT2D eigenvalue weighted by Gasteiger charge is 2.24. The van der Waals surface area contributed by atoms with E-state index >= 15 is 0 Å². The molecular formula is C16H25ClN4. The van der Waals surface area contributed by atoms with Crippen molar-refractivity contribution in [1.29, 1.82) is 0 Å². The molecule has 1 unspecified atom stereocenters. The topological polar surface area (TPSA) is 32.3 Å². The fraction of sp³-hybridized carbons (Fsp3) is 0.750. The Balaban J connectivity index is 1.79. The maximum Gasteiger partial charge on any atom is 0.136 e. The molecule has 0 N–H and O–H groups in total. The van der Waals surface area contributed by atoms with Gasteiger partial charge in [0.05, 0.1) is 0 Å². The second-order valence-corrected chi connectivity index (χ2v) is 6.88. The van der Waals surface area contributed by atoms with Crippen LogP contribution >= 0.6 is 11.6 Å². The summed E-state index contributed by atoms with van der Waals surface area (Å²) in [7, 11) is 4.38. The van der Waals surface area contributed by atoms with Crippen LogP contribution in [0, 0.1) is 0 Å². The zero-order chi connectivity index (χ0) is 14.8. The van der Waals surface area contributed by atoms with Crippen molar-refractivity contribution in [2.45, 2.75) is 44.6 Å². The molecule has 116 valence electrons. The van der Waals surface area contributed by atoms with Gasteiger partial charge in [-0.15, -0.1) is 0 Å². The number of piperazine rings is 1. The summed E-state index contributed by atoms with van der Waals surface area (Å²) < 4.78 is 0. The van der Waals surface area contributed by atoms with Crippen LogP contribution in [0.5, 0.6) is 0 Å². The van der Waals surface area contributed by atoms with Crippen molar-refractivity contribution in [2.24, 2.45) is 0 Å². The van der Waals surface area contributed by atoms with E-state index in [-0.39, 0.29) is 0 Å². The molecule has 3 rings (SSSR count). The van der Waals surface area contributed by atoms with E-state index in [4.69, 9.17) is 16.6 Å². The standard InChI is InChI=1S/C16H25ClN4/c1-20-8-9-21(2)12(11-20)10-15-18-14-7-5-3-4-6-13(14)16(17)19-15/h12H,3-11H2,1-2H3. The third-order valence-electron chi connectivity index (χ3n) is 4.83. The number of likely N-dealkylation sites (N-methyl/N-ethyl adjacent to an activating group) is 2. The SMILES string of the molecule is CN1CCN(C)C(Cc2nc(Cl)c3c(n2)CCCCC3)C1. The summed E-state index contributed by atoms with van der Waals surface area (Å²) in [5.74, 6) is 0.924. The number of halogens is 1. The Morgan fingerprint density at radius 2 is 1.90 bits per heavy atom. The Hall–Kier alpha value is -0.710. The van der Waals surface area contributed by atoms with Crippen LogP contribution in [0.2, 0.25) is 5.15 Å². The van der Waals surface area contributed by atoms with Gasteiger partial charge in [0.15, 0.2) is 0 Å². The summed E-state index contributed by atoms with van der Waals surface area (Å²) in [4.78, 5) is 14.2. The minimum Gasteiger partial charge on any atom is -0.304 e. The monoisotopic (exact) mass is 308 g/mol. The van der Waals surface area contributed by atoms with Gasteiger partial charge in [0, 0.05) is 43.4 Å². The normalized spacial score (nSPS) is 24.6. The van der Waals surface area contributed by atoms with Crippen molar-refractivity contribution < 1.29 is 0 Å². The van der Waals surface area contributed by atoms with Gasteiger partial charge in [-0.1, -0.05) is 18.0 Å². The Morgan fingerprint density at radius 3 is 2.76 bits per heavy atom. The predicted octanol–water partition coefficient (Wildman–Crippen LogP) is 2.19. The molecule has 1 aliphatic heterocycles. The van der Waals surface area contributed by atoms with Gasteiger partial charge in [-0.2, -0.15) is 0 Å². The van der Waals surface area contributed by atoms with Crippen LogP contribution in [0.1, 0.15) is 36.3 Å². The van der Waals surface area contributed by atoms with E-state index in [9.17, 15) is 0 Å². The molecule has 0 spiro atoms. The molecule has 2 aliphatic rings. The van der Waals surface area contributed by atoms with Crippen molar-refractivity contribution >= 4 is 11.6 Å². The van der Waals surface area contributed by atoms with Gasteiger partial charge in [-0.05, 0) is 39.8 Å². The summed E-state index contributed by atoms with van der Waals surface area (Å²) in [6, 6.07) is 0.489. The van der Waals surface area contributed by atoms with E-state index in [1.165, 1.54) is 30.5 Å². The number of hydrogen-bond acceptors (Lipinski definition) is 4. The van der Waals surface area contributed by atoms with Gasteiger partial charge in [-0.25, -0.2) is 9.97 Å². The number of nitrogens with zero attached hydrogens (tertiary/aromatic N) is 4. The molecule has 5 heteroatoms. The molecule has 0 saturated carbocycles. The molecule has 1 fully saturated rings. The summed E-state index contributed by atoms with van der Waals surface area (Å²) in [5, 5.41) is 0.698. The number of fused-ring (bicyclic) bond motifs is 1. The Labute approximate surface area is 132 Å². The van der Waals surface area contributed by atoms with Crippen LogP contribution in [0.15, 0.2) is 0 Å². The first-order valence-electron chi connectivity index (χ1n) is 8.06. The highest BCUT2D eigenvalue weighted by Crippen LogP contribution is 2.25. The van der Waals surface area contributed by atoms with Crippen LogP contribution in [0.4, 0.5) is 0 Å². The smallest absolute Gasteiger partial charge is 0.136 e. The predicted molar refractivity (Wildman–Crippen MR) is 85.9 cm³/mol. The van der Waals surface area contributed by atoms with Gasteiger partial charge in [0.25, 0.3) is 0 Å². The number of hydrogen-bond donors (Lipinski definition) is 0. The first-order valence-corrected chi connectivity index (χ1v) is 8.44. The zero-order valence-corrected chi connectivity index (χ0v) is 13.9. The molecule has 0 amide bonds. The molecule has 0 bridgehead atoms. The van der Waals surface area contributed by atoms with Crippen LogP contribution in [-0.2, 0) is 19.3 Å². The third kappa shape index (κ3) is 3.55. The van der Waals surface area contributed by atoms with Gasteiger partial charge >= 0.3 is 0 Å². The summed E-state index contributed by atoms with van der Waals surface area (Å²) >= 11 is 6.43. The molecule has 1 saturated heterocycles. The largest absolute Gasteiger partial charge is 0.304 e. The van der Waals surface area contributed by atoms with Gasteiger partial charge < -0.3 is 9.80 Å². The second-order valence-electron chi connectivity index (χ2n) is 6.52. The van der Waals surface area contributed by atoms with Gasteiger partial charge in [-0.3, -0.25) is 0 Å². The Kier molecular flexibility index (Phi) is 4.77. The van der Waals surface area contributed by atoms with Crippen molar-refractivity contribution in [2.75, 3.05) is 33.7 Å². The Bertz CT molecular complexity index is 505.